The molecule has 2 aromatic carbocycles. The van der Waals surface area contributed by atoms with Crippen molar-refractivity contribution in [3.8, 4) is 0 Å². The van der Waals surface area contributed by atoms with Gasteiger partial charge in [0.25, 0.3) is 0 Å². The molecule has 0 heterocycles. The van der Waals surface area contributed by atoms with Crippen molar-refractivity contribution in [1.82, 2.24) is 0 Å². The van der Waals surface area contributed by atoms with Crippen LogP contribution in [0.25, 0.3) is 0 Å². The van der Waals surface area contributed by atoms with Crippen molar-refractivity contribution in [1.29, 1.82) is 0 Å². The highest BCUT2D eigenvalue weighted by Crippen LogP contribution is 2.19. The van der Waals surface area contributed by atoms with Crippen molar-refractivity contribution >= 4 is 17.6 Å². The monoisotopic (exact) mass is 311 g/mol. The third-order valence-corrected chi connectivity index (χ3v) is 3.81. The van der Waals surface area contributed by atoms with Crippen molar-refractivity contribution in [2.75, 3.05) is 5.32 Å². The molecule has 0 unspecified atom stereocenters. The highest BCUT2D eigenvalue weighted by Gasteiger charge is 2.12. The van der Waals surface area contributed by atoms with Crippen LogP contribution in [-0.2, 0) is 22.4 Å². The zero-order chi connectivity index (χ0) is 17.0. The van der Waals surface area contributed by atoms with Gasteiger partial charge in [0.05, 0.1) is 12.8 Å². The second-order valence-electron chi connectivity index (χ2n) is 5.83. The number of aryl methyl sites for hydroxylation is 3. The van der Waals surface area contributed by atoms with Gasteiger partial charge >= 0.3 is 5.97 Å². The fourth-order valence-electron chi connectivity index (χ4n) is 2.80. The Morgan fingerprint density at radius 1 is 1.00 bits per heavy atom. The lowest BCUT2D eigenvalue weighted by Gasteiger charge is -2.13. The summed E-state index contributed by atoms with van der Waals surface area (Å²) >= 11 is 0. The molecule has 0 saturated heterocycles. The van der Waals surface area contributed by atoms with Crippen LogP contribution >= 0.6 is 0 Å². The Morgan fingerprint density at radius 2 is 1.61 bits per heavy atom. The predicted octanol–water partition coefficient (Wildman–Crippen LogP) is 3.42. The van der Waals surface area contributed by atoms with Crippen LogP contribution in [0.3, 0.4) is 0 Å². The van der Waals surface area contributed by atoms with Crippen molar-refractivity contribution in [3.63, 3.8) is 0 Å². The molecular formula is C19H21NO3. The average Bonchev–Trinajstić information content (AvgIpc) is 2.44. The van der Waals surface area contributed by atoms with E-state index in [0.717, 1.165) is 16.7 Å². The third kappa shape index (κ3) is 4.42. The van der Waals surface area contributed by atoms with Crippen molar-refractivity contribution in [2.24, 2.45) is 0 Å². The first kappa shape index (κ1) is 16.7. The fourth-order valence-corrected chi connectivity index (χ4v) is 2.80. The fraction of sp³-hybridized carbons (Fsp3) is 0.263. The summed E-state index contributed by atoms with van der Waals surface area (Å²) in [5.41, 5.74) is 5.54. The second-order valence-corrected chi connectivity index (χ2v) is 5.83. The number of anilines is 1. The zero-order valence-electron chi connectivity index (χ0n) is 13.6. The predicted molar refractivity (Wildman–Crippen MR) is 90.8 cm³/mol. The van der Waals surface area contributed by atoms with Gasteiger partial charge < -0.3 is 10.4 Å². The summed E-state index contributed by atoms with van der Waals surface area (Å²) in [6.45, 7) is 6.04. The molecule has 120 valence electrons. The Kier molecular flexibility index (Phi) is 5.16. The maximum absolute atomic E-state index is 12.4. The number of carboxylic acids is 1. The maximum Gasteiger partial charge on any atom is 0.307 e. The molecule has 4 heteroatoms. The minimum atomic E-state index is -0.920. The summed E-state index contributed by atoms with van der Waals surface area (Å²) in [5.74, 6) is -1.06. The first-order valence-corrected chi connectivity index (χ1v) is 7.53. The van der Waals surface area contributed by atoms with Crippen LogP contribution in [0.1, 0.15) is 27.8 Å². The number of hydrogen-bond donors (Lipinski definition) is 2. The lowest BCUT2D eigenvalue weighted by atomic mass is 9.97. The number of aliphatic carboxylic acids is 1. The van der Waals surface area contributed by atoms with Crippen LogP contribution < -0.4 is 5.32 Å². The van der Waals surface area contributed by atoms with Gasteiger partial charge in [-0.05, 0) is 49.1 Å². The van der Waals surface area contributed by atoms with Crippen LogP contribution in [0.15, 0.2) is 36.4 Å². The van der Waals surface area contributed by atoms with Gasteiger partial charge in [-0.3, -0.25) is 9.59 Å². The molecule has 1 amide bonds. The molecule has 2 N–H and O–H groups in total. The molecule has 0 saturated carbocycles. The number of carbonyl (C=O) groups excluding carboxylic acids is 1. The van der Waals surface area contributed by atoms with Gasteiger partial charge in [-0.2, -0.15) is 0 Å². The van der Waals surface area contributed by atoms with E-state index in [1.54, 1.807) is 24.3 Å². The third-order valence-electron chi connectivity index (χ3n) is 3.81. The van der Waals surface area contributed by atoms with Crippen molar-refractivity contribution in [2.45, 2.75) is 33.6 Å². The number of rotatable bonds is 5. The molecule has 23 heavy (non-hydrogen) atoms. The summed E-state index contributed by atoms with van der Waals surface area (Å²) in [6, 6.07) is 11.1. The Balaban J connectivity index is 2.16. The van der Waals surface area contributed by atoms with E-state index in [1.807, 2.05) is 20.8 Å². The Bertz CT molecular complexity index is 727. The van der Waals surface area contributed by atoms with Crippen LogP contribution in [-0.4, -0.2) is 17.0 Å². The van der Waals surface area contributed by atoms with Gasteiger partial charge in [-0.25, -0.2) is 0 Å². The SMILES string of the molecule is Cc1cc(C)c(CC(=O)Nc2ccccc2CC(=O)O)c(C)c1. The van der Waals surface area contributed by atoms with E-state index < -0.39 is 5.97 Å². The number of para-hydroxylation sites is 1. The average molecular weight is 311 g/mol. The molecule has 4 nitrogen and oxygen atoms in total. The van der Waals surface area contributed by atoms with E-state index in [9.17, 15) is 9.59 Å². The normalized spacial score (nSPS) is 10.4. The summed E-state index contributed by atoms with van der Waals surface area (Å²) in [5, 5.41) is 11.8. The summed E-state index contributed by atoms with van der Waals surface area (Å²) in [7, 11) is 0. The Morgan fingerprint density at radius 3 is 2.22 bits per heavy atom. The molecule has 0 aliphatic carbocycles. The zero-order valence-corrected chi connectivity index (χ0v) is 13.6. The molecule has 0 aliphatic rings. The highest BCUT2D eigenvalue weighted by atomic mass is 16.4. The van der Waals surface area contributed by atoms with Crippen LogP contribution in [0.2, 0.25) is 0 Å². The molecule has 0 bridgehead atoms. The van der Waals surface area contributed by atoms with Gasteiger partial charge in [-0.15, -0.1) is 0 Å². The van der Waals surface area contributed by atoms with Gasteiger partial charge in [0.2, 0.25) is 5.91 Å². The molecule has 0 fully saturated rings. The first-order chi connectivity index (χ1) is 10.9. The number of carbonyl (C=O) groups is 2. The minimum absolute atomic E-state index is 0.112. The van der Waals surface area contributed by atoms with Gasteiger partial charge in [0.1, 0.15) is 0 Å². The summed E-state index contributed by atoms with van der Waals surface area (Å²) in [4.78, 5) is 23.3. The largest absolute Gasteiger partial charge is 0.481 e. The molecule has 2 aromatic rings. The van der Waals surface area contributed by atoms with Crippen molar-refractivity contribution < 1.29 is 14.7 Å². The Labute approximate surface area is 136 Å². The number of carboxylic acid groups (broad SMARTS) is 1. The first-order valence-electron chi connectivity index (χ1n) is 7.53. The molecule has 2 rings (SSSR count). The molecule has 0 aromatic heterocycles. The second kappa shape index (κ2) is 7.09. The van der Waals surface area contributed by atoms with Crippen LogP contribution in [0.4, 0.5) is 5.69 Å². The maximum atomic E-state index is 12.4. The Hall–Kier alpha value is -2.62. The van der Waals surface area contributed by atoms with E-state index in [4.69, 9.17) is 5.11 Å². The number of amides is 1. The lowest BCUT2D eigenvalue weighted by Crippen LogP contribution is -2.17. The van der Waals surface area contributed by atoms with Gasteiger partial charge in [-0.1, -0.05) is 35.9 Å². The molecule has 0 radical (unpaired) electrons. The van der Waals surface area contributed by atoms with E-state index in [0.29, 0.717) is 11.3 Å². The highest BCUT2D eigenvalue weighted by molar-refractivity contribution is 5.94. The minimum Gasteiger partial charge on any atom is -0.481 e. The molecule has 0 atom stereocenters. The summed E-state index contributed by atoms with van der Waals surface area (Å²) < 4.78 is 0. The van der Waals surface area contributed by atoms with E-state index in [-0.39, 0.29) is 18.7 Å². The van der Waals surface area contributed by atoms with Gasteiger partial charge in [0, 0.05) is 5.69 Å². The van der Waals surface area contributed by atoms with E-state index >= 15 is 0 Å². The molecular weight excluding hydrogens is 290 g/mol. The smallest absolute Gasteiger partial charge is 0.307 e. The summed E-state index contributed by atoms with van der Waals surface area (Å²) in [6.07, 6.45) is 0.165. The molecule has 0 spiro atoms. The van der Waals surface area contributed by atoms with E-state index in [1.165, 1.54) is 5.56 Å². The van der Waals surface area contributed by atoms with Crippen molar-refractivity contribution in [3.05, 3.63) is 64.2 Å². The number of benzene rings is 2. The topological polar surface area (TPSA) is 66.4 Å². The molecule has 0 aliphatic heterocycles. The quantitative estimate of drug-likeness (QED) is 0.889. The number of nitrogens with one attached hydrogen (secondary N) is 1. The van der Waals surface area contributed by atoms with Crippen LogP contribution in [0, 0.1) is 20.8 Å². The van der Waals surface area contributed by atoms with Crippen LogP contribution in [0.5, 0.6) is 0 Å². The standard InChI is InChI=1S/C19H21NO3/c1-12-8-13(2)16(14(3)9-12)11-18(21)20-17-7-5-4-6-15(17)10-19(22)23/h4-9H,10-11H2,1-3H3,(H,20,21)(H,22,23). The van der Waals surface area contributed by atoms with Gasteiger partial charge in [0.15, 0.2) is 0 Å². The lowest BCUT2D eigenvalue weighted by molar-refractivity contribution is -0.136. The number of hydrogen-bond acceptors (Lipinski definition) is 2. The van der Waals surface area contributed by atoms with E-state index in [2.05, 4.69) is 17.4 Å².